The van der Waals surface area contributed by atoms with Gasteiger partial charge in [-0.3, -0.25) is 19.0 Å². The van der Waals surface area contributed by atoms with Crippen molar-refractivity contribution in [2.24, 2.45) is 0 Å². The smallest absolute Gasteiger partial charge is 0.338 e. The second-order valence-electron chi connectivity index (χ2n) is 9.59. The maximum absolute atomic E-state index is 14.2. The van der Waals surface area contributed by atoms with Crippen molar-refractivity contribution in [3.63, 3.8) is 0 Å². The van der Waals surface area contributed by atoms with Gasteiger partial charge in [-0.25, -0.2) is 4.79 Å². The van der Waals surface area contributed by atoms with Gasteiger partial charge in [-0.2, -0.15) is 4.57 Å². The van der Waals surface area contributed by atoms with Crippen molar-refractivity contribution in [1.82, 2.24) is 14.5 Å². The van der Waals surface area contributed by atoms with Crippen molar-refractivity contribution in [2.75, 3.05) is 6.54 Å². The van der Waals surface area contributed by atoms with Gasteiger partial charge >= 0.3 is 5.69 Å². The van der Waals surface area contributed by atoms with Crippen molar-refractivity contribution < 1.29 is 9.59 Å². The first-order valence-corrected chi connectivity index (χ1v) is 13.4. The number of rotatable bonds is 9. The van der Waals surface area contributed by atoms with E-state index in [0.717, 1.165) is 16.7 Å². The maximum Gasteiger partial charge on any atom is 0.338 e. The summed E-state index contributed by atoms with van der Waals surface area (Å²) in [6.45, 7) is 0.474. The lowest BCUT2D eigenvalue weighted by Crippen LogP contribution is -2.47. The summed E-state index contributed by atoms with van der Waals surface area (Å²) in [6, 6.07) is 38.4. The molecule has 7 heteroatoms. The van der Waals surface area contributed by atoms with Crippen LogP contribution >= 0.6 is 0 Å². The summed E-state index contributed by atoms with van der Waals surface area (Å²) in [4.78, 5) is 52.6. The zero-order valence-electron chi connectivity index (χ0n) is 22.4. The second kappa shape index (κ2) is 12.3. The average molecular weight is 544 g/mol. The Hall–Kier alpha value is -5.30. The van der Waals surface area contributed by atoms with Crippen LogP contribution in [0.5, 0.6) is 0 Å². The molecule has 0 fully saturated rings. The van der Waals surface area contributed by atoms with E-state index in [2.05, 4.69) is 5.32 Å². The van der Waals surface area contributed by atoms with Crippen molar-refractivity contribution in [3.05, 3.63) is 177 Å². The van der Waals surface area contributed by atoms with Gasteiger partial charge in [0.2, 0.25) is 5.91 Å². The topological polar surface area (TPSA) is 90.2 Å². The van der Waals surface area contributed by atoms with E-state index in [4.69, 9.17) is 0 Å². The molecule has 0 aliphatic carbocycles. The number of aryl methyl sites for hydroxylation is 1. The van der Waals surface area contributed by atoms with Crippen LogP contribution in [0.15, 0.2) is 143 Å². The highest BCUT2D eigenvalue weighted by molar-refractivity contribution is 5.96. The number of aromatic nitrogens is 2. The van der Waals surface area contributed by atoms with Crippen LogP contribution in [-0.4, -0.2) is 27.5 Å². The molecule has 0 aliphatic rings. The van der Waals surface area contributed by atoms with Crippen LogP contribution in [0.2, 0.25) is 0 Å². The fourth-order valence-corrected chi connectivity index (χ4v) is 5.12. The molecule has 204 valence electrons. The van der Waals surface area contributed by atoms with E-state index in [1.807, 2.05) is 91.0 Å². The fourth-order valence-electron chi connectivity index (χ4n) is 5.12. The summed E-state index contributed by atoms with van der Waals surface area (Å²) >= 11 is 0. The zero-order chi connectivity index (χ0) is 28.7. The normalized spacial score (nSPS) is 11.1. The molecule has 0 bridgehead atoms. The zero-order valence-corrected chi connectivity index (χ0v) is 22.4. The monoisotopic (exact) mass is 543 g/mol. The van der Waals surface area contributed by atoms with E-state index in [-0.39, 0.29) is 24.6 Å². The number of nitrogens with one attached hydrogen (secondary N) is 1. The molecule has 1 amide bonds. The average Bonchev–Trinajstić information content (AvgIpc) is 3.02. The maximum atomic E-state index is 14.2. The van der Waals surface area contributed by atoms with Gasteiger partial charge in [0.05, 0.1) is 0 Å². The molecule has 41 heavy (non-hydrogen) atoms. The Kier molecular flexibility index (Phi) is 8.15. The second-order valence-corrected chi connectivity index (χ2v) is 9.59. The lowest BCUT2D eigenvalue weighted by Gasteiger charge is -2.34. The third kappa shape index (κ3) is 5.43. The fraction of sp³-hybridized carbons (Fsp3) is 0.118. The molecule has 0 saturated heterocycles. The van der Waals surface area contributed by atoms with Gasteiger partial charge < -0.3 is 5.32 Å². The Labute approximate surface area is 237 Å². The third-order valence-corrected chi connectivity index (χ3v) is 7.10. The summed E-state index contributed by atoms with van der Waals surface area (Å²) in [5.41, 5.74) is 0.232. The molecule has 0 aliphatic heterocycles. The van der Waals surface area contributed by atoms with E-state index in [0.29, 0.717) is 11.0 Å². The Morgan fingerprint density at radius 1 is 0.634 bits per heavy atom. The van der Waals surface area contributed by atoms with Crippen LogP contribution in [-0.2, 0) is 16.8 Å². The van der Waals surface area contributed by atoms with E-state index in [1.165, 1.54) is 16.8 Å². The highest BCUT2D eigenvalue weighted by atomic mass is 16.2. The van der Waals surface area contributed by atoms with Gasteiger partial charge in [0.1, 0.15) is 5.41 Å². The Morgan fingerprint density at radius 3 is 1.59 bits per heavy atom. The predicted molar refractivity (Wildman–Crippen MR) is 158 cm³/mol. The van der Waals surface area contributed by atoms with Gasteiger partial charge in [0, 0.05) is 30.9 Å². The highest BCUT2D eigenvalue weighted by Gasteiger charge is 2.43. The first-order valence-electron chi connectivity index (χ1n) is 13.4. The Bertz CT molecular complexity index is 1650. The van der Waals surface area contributed by atoms with E-state index >= 15 is 0 Å². The minimum atomic E-state index is -1.10. The summed E-state index contributed by atoms with van der Waals surface area (Å²) in [5.74, 6) is -0.876. The van der Waals surface area contributed by atoms with Gasteiger partial charge in [-0.15, -0.1) is 0 Å². The lowest BCUT2D eigenvalue weighted by atomic mass is 9.68. The Balaban J connectivity index is 1.40. The molecular weight excluding hydrogens is 514 g/mol. The van der Waals surface area contributed by atoms with Gasteiger partial charge in [-0.05, 0) is 35.2 Å². The van der Waals surface area contributed by atoms with Crippen LogP contribution in [0.3, 0.4) is 0 Å². The molecule has 0 atom stereocenters. The van der Waals surface area contributed by atoms with Crippen molar-refractivity contribution in [1.29, 1.82) is 0 Å². The van der Waals surface area contributed by atoms with E-state index < -0.39 is 22.6 Å². The molecular formula is C34H29N3O4. The number of hydrogen-bond acceptors (Lipinski definition) is 4. The SMILES string of the molecule is O=C(c1ccccc1)n1c(=O)ccn(CCCNC(=O)C(c2ccccc2)(c2ccccc2)c2ccccc2)c1=O. The number of amides is 1. The number of carbonyl (C=O) groups is 2. The molecule has 0 saturated carbocycles. The molecule has 5 aromatic rings. The van der Waals surface area contributed by atoms with Gasteiger partial charge in [-0.1, -0.05) is 109 Å². The standard InChI is InChI=1S/C34H29N3O4/c38-30-22-25-36(33(41)37(30)31(39)26-14-5-1-6-15-26)24-13-23-35-32(40)34(27-16-7-2-8-17-27,28-18-9-3-10-19-28)29-20-11-4-12-21-29/h1-12,14-22,25H,13,23-24H2,(H,35,40). The summed E-state index contributed by atoms with van der Waals surface area (Å²) in [5, 5.41) is 3.09. The van der Waals surface area contributed by atoms with Crippen LogP contribution in [0.4, 0.5) is 0 Å². The summed E-state index contributed by atoms with van der Waals surface area (Å²) < 4.78 is 1.95. The van der Waals surface area contributed by atoms with Crippen LogP contribution < -0.4 is 16.6 Å². The Morgan fingerprint density at radius 2 is 1.10 bits per heavy atom. The highest BCUT2D eigenvalue weighted by Crippen LogP contribution is 2.39. The lowest BCUT2D eigenvalue weighted by molar-refractivity contribution is -0.124. The number of carbonyl (C=O) groups excluding carboxylic acids is 2. The number of nitrogens with zero attached hydrogens (tertiary/aromatic N) is 2. The van der Waals surface area contributed by atoms with Gasteiger partial charge in [0.25, 0.3) is 11.5 Å². The minimum Gasteiger partial charge on any atom is -0.355 e. The van der Waals surface area contributed by atoms with Crippen LogP contribution in [0.25, 0.3) is 0 Å². The molecule has 0 spiro atoms. The number of hydrogen-bond donors (Lipinski definition) is 1. The quantitative estimate of drug-likeness (QED) is 0.223. The van der Waals surface area contributed by atoms with E-state index in [9.17, 15) is 19.2 Å². The molecule has 5 rings (SSSR count). The summed E-state index contributed by atoms with van der Waals surface area (Å²) in [7, 11) is 0. The van der Waals surface area contributed by atoms with Crippen molar-refractivity contribution in [2.45, 2.75) is 18.4 Å². The third-order valence-electron chi connectivity index (χ3n) is 7.10. The minimum absolute atomic E-state index is 0.197. The van der Waals surface area contributed by atoms with Crippen LogP contribution in [0, 0.1) is 0 Å². The van der Waals surface area contributed by atoms with Crippen molar-refractivity contribution >= 4 is 11.8 Å². The molecule has 0 radical (unpaired) electrons. The first-order chi connectivity index (χ1) is 20.0. The van der Waals surface area contributed by atoms with E-state index in [1.54, 1.807) is 30.3 Å². The first kappa shape index (κ1) is 27.3. The summed E-state index contributed by atoms with van der Waals surface area (Å²) in [6.07, 6.45) is 1.78. The molecule has 1 N–H and O–H groups in total. The van der Waals surface area contributed by atoms with Crippen LogP contribution in [0.1, 0.15) is 33.5 Å². The molecule has 1 heterocycles. The number of benzene rings is 4. The molecule has 0 unspecified atom stereocenters. The van der Waals surface area contributed by atoms with Crippen molar-refractivity contribution in [3.8, 4) is 0 Å². The van der Waals surface area contributed by atoms with Gasteiger partial charge in [0.15, 0.2) is 0 Å². The molecule has 7 nitrogen and oxygen atoms in total. The molecule has 1 aromatic heterocycles. The predicted octanol–water partition coefficient (Wildman–Crippen LogP) is 4.24. The largest absolute Gasteiger partial charge is 0.355 e. The molecule has 4 aromatic carbocycles.